The van der Waals surface area contributed by atoms with Crippen molar-refractivity contribution in [2.75, 3.05) is 18.0 Å². The number of hydrogen-bond acceptors (Lipinski definition) is 4. The molecule has 5 heteroatoms. The van der Waals surface area contributed by atoms with E-state index in [9.17, 15) is 0 Å². The molecule has 1 spiro atoms. The lowest BCUT2D eigenvalue weighted by Crippen LogP contribution is -2.40. The van der Waals surface area contributed by atoms with Crippen molar-refractivity contribution in [3.05, 3.63) is 18.1 Å². The topological polar surface area (TPSA) is 78.9 Å². The Balaban J connectivity index is 1.76. The Kier molecular flexibility index (Phi) is 3.12. The van der Waals surface area contributed by atoms with E-state index in [0.29, 0.717) is 11.1 Å². The molecule has 0 unspecified atom stereocenters. The van der Waals surface area contributed by atoms with E-state index in [2.05, 4.69) is 14.9 Å². The van der Waals surface area contributed by atoms with Crippen molar-refractivity contribution in [2.24, 2.45) is 11.1 Å². The van der Waals surface area contributed by atoms with E-state index in [1.54, 1.807) is 12.4 Å². The monoisotopic (exact) mass is 259 g/mol. The maximum Gasteiger partial charge on any atom is 0.158 e. The van der Waals surface area contributed by atoms with Crippen LogP contribution in [0.15, 0.2) is 12.4 Å². The molecule has 19 heavy (non-hydrogen) atoms. The van der Waals surface area contributed by atoms with Crippen LogP contribution in [0, 0.1) is 10.8 Å². The molecule has 1 aromatic rings. The number of nitrogen functional groups attached to an aromatic ring is 1. The van der Waals surface area contributed by atoms with Crippen molar-refractivity contribution in [3.8, 4) is 0 Å². The van der Waals surface area contributed by atoms with Gasteiger partial charge in [-0.05, 0) is 31.1 Å². The summed E-state index contributed by atoms with van der Waals surface area (Å²) < 4.78 is 0. The Morgan fingerprint density at radius 2 is 1.74 bits per heavy atom. The first-order valence-corrected chi connectivity index (χ1v) is 7.11. The molecule has 1 saturated heterocycles. The number of hydrogen-bond donors (Lipinski definition) is 2. The summed E-state index contributed by atoms with van der Waals surface area (Å²) in [4.78, 5) is 10.8. The molecular weight excluding hydrogens is 238 g/mol. The van der Waals surface area contributed by atoms with Gasteiger partial charge in [-0.25, -0.2) is 9.97 Å². The molecule has 5 nitrogen and oxygen atoms in total. The highest BCUT2D eigenvalue weighted by molar-refractivity contribution is 5.97. The van der Waals surface area contributed by atoms with Crippen LogP contribution in [0.5, 0.6) is 0 Å². The second kappa shape index (κ2) is 4.79. The van der Waals surface area contributed by atoms with Crippen molar-refractivity contribution < 1.29 is 0 Å². The molecule has 0 radical (unpaired) electrons. The molecule has 1 aliphatic heterocycles. The number of nitrogens with two attached hydrogens (primary N) is 1. The number of aromatic nitrogens is 2. The van der Waals surface area contributed by atoms with Crippen LogP contribution in [0.25, 0.3) is 0 Å². The van der Waals surface area contributed by atoms with Gasteiger partial charge in [0.2, 0.25) is 0 Å². The molecule has 1 saturated carbocycles. The number of rotatable bonds is 2. The van der Waals surface area contributed by atoms with E-state index in [0.717, 1.165) is 18.9 Å². The van der Waals surface area contributed by atoms with Crippen molar-refractivity contribution in [1.82, 2.24) is 9.97 Å². The average Bonchev–Trinajstić information content (AvgIpc) is 2.88. The molecule has 0 atom stereocenters. The Bertz CT molecular complexity index is 468. The number of anilines is 1. The van der Waals surface area contributed by atoms with Crippen LogP contribution in [0.4, 0.5) is 5.82 Å². The summed E-state index contributed by atoms with van der Waals surface area (Å²) in [5.41, 5.74) is 6.70. The summed E-state index contributed by atoms with van der Waals surface area (Å²) in [5.74, 6) is 0.784. The van der Waals surface area contributed by atoms with Crippen molar-refractivity contribution >= 4 is 11.7 Å². The van der Waals surface area contributed by atoms with Gasteiger partial charge in [0.1, 0.15) is 11.5 Å². The van der Waals surface area contributed by atoms with Crippen LogP contribution < -0.4 is 10.6 Å². The van der Waals surface area contributed by atoms with Gasteiger partial charge in [0, 0.05) is 25.5 Å². The Hall–Kier alpha value is -1.65. The quantitative estimate of drug-likeness (QED) is 0.628. The molecule has 2 heterocycles. The molecule has 3 N–H and O–H groups in total. The normalized spacial score (nSPS) is 21.8. The van der Waals surface area contributed by atoms with Gasteiger partial charge in [0.05, 0.1) is 0 Å². The first-order chi connectivity index (χ1) is 9.20. The molecule has 102 valence electrons. The van der Waals surface area contributed by atoms with Gasteiger partial charge in [0.25, 0.3) is 0 Å². The van der Waals surface area contributed by atoms with E-state index in [1.165, 1.54) is 38.5 Å². The zero-order valence-corrected chi connectivity index (χ0v) is 11.2. The minimum absolute atomic E-state index is 0.00394. The van der Waals surface area contributed by atoms with E-state index in [-0.39, 0.29) is 5.84 Å². The van der Waals surface area contributed by atoms with Gasteiger partial charge >= 0.3 is 0 Å². The zero-order chi connectivity index (χ0) is 13.3. The third kappa shape index (κ3) is 2.29. The lowest BCUT2D eigenvalue weighted by Gasteiger charge is -2.40. The van der Waals surface area contributed by atoms with E-state index >= 15 is 0 Å². The molecule has 0 bridgehead atoms. The second-order valence-corrected chi connectivity index (χ2v) is 5.84. The van der Waals surface area contributed by atoms with Gasteiger partial charge in [-0.1, -0.05) is 12.8 Å². The maximum atomic E-state index is 7.60. The molecule has 3 rings (SSSR count). The summed E-state index contributed by atoms with van der Waals surface area (Å²) in [6.07, 6.45) is 11.3. The molecule has 0 aromatic carbocycles. The Morgan fingerprint density at radius 3 is 2.37 bits per heavy atom. The van der Waals surface area contributed by atoms with E-state index in [1.807, 2.05) is 0 Å². The lowest BCUT2D eigenvalue weighted by molar-refractivity contribution is 0.226. The highest BCUT2D eigenvalue weighted by Crippen LogP contribution is 2.46. The van der Waals surface area contributed by atoms with Gasteiger partial charge in [-0.15, -0.1) is 0 Å². The van der Waals surface area contributed by atoms with Crippen molar-refractivity contribution in [1.29, 1.82) is 5.41 Å². The Labute approximate surface area is 113 Å². The lowest BCUT2D eigenvalue weighted by atomic mass is 9.77. The highest BCUT2D eigenvalue weighted by atomic mass is 15.2. The average molecular weight is 259 g/mol. The summed E-state index contributed by atoms with van der Waals surface area (Å²) in [6, 6.07) is 0. The largest absolute Gasteiger partial charge is 0.382 e. The molecule has 1 aliphatic carbocycles. The van der Waals surface area contributed by atoms with Crippen LogP contribution in [-0.4, -0.2) is 28.9 Å². The summed E-state index contributed by atoms with van der Waals surface area (Å²) in [6.45, 7) is 2.03. The van der Waals surface area contributed by atoms with Crippen LogP contribution in [0.2, 0.25) is 0 Å². The second-order valence-electron chi connectivity index (χ2n) is 5.84. The minimum atomic E-state index is 0.00394. The fourth-order valence-electron chi connectivity index (χ4n) is 3.57. The minimum Gasteiger partial charge on any atom is -0.382 e. The predicted octanol–water partition coefficient (Wildman–Crippen LogP) is 1.92. The van der Waals surface area contributed by atoms with Gasteiger partial charge in [0.15, 0.2) is 5.82 Å². The van der Waals surface area contributed by atoms with Gasteiger partial charge < -0.3 is 10.6 Å². The third-order valence-corrected chi connectivity index (χ3v) is 4.72. The molecule has 2 aliphatic rings. The molecule has 2 fully saturated rings. The number of nitrogens with zero attached hydrogens (tertiary/aromatic N) is 3. The number of piperidine rings is 1. The number of nitrogens with one attached hydrogen (secondary N) is 1. The fourth-order valence-corrected chi connectivity index (χ4v) is 3.57. The van der Waals surface area contributed by atoms with Crippen LogP contribution in [0.3, 0.4) is 0 Å². The Morgan fingerprint density at radius 1 is 1.11 bits per heavy atom. The first kappa shape index (κ1) is 12.4. The maximum absolute atomic E-state index is 7.60. The predicted molar refractivity (Wildman–Crippen MR) is 75.4 cm³/mol. The van der Waals surface area contributed by atoms with Crippen LogP contribution in [0.1, 0.15) is 44.2 Å². The van der Waals surface area contributed by atoms with Crippen LogP contribution in [-0.2, 0) is 0 Å². The smallest absolute Gasteiger partial charge is 0.158 e. The van der Waals surface area contributed by atoms with E-state index < -0.39 is 0 Å². The zero-order valence-electron chi connectivity index (χ0n) is 11.2. The van der Waals surface area contributed by atoms with E-state index in [4.69, 9.17) is 11.1 Å². The van der Waals surface area contributed by atoms with Gasteiger partial charge in [-0.2, -0.15) is 0 Å². The highest BCUT2D eigenvalue weighted by Gasteiger charge is 2.37. The summed E-state index contributed by atoms with van der Waals surface area (Å²) in [7, 11) is 0. The first-order valence-electron chi connectivity index (χ1n) is 7.11. The molecular formula is C14H21N5. The fraction of sp³-hybridized carbons (Fsp3) is 0.643. The number of amidine groups is 1. The summed E-state index contributed by atoms with van der Waals surface area (Å²) >= 11 is 0. The standard InChI is InChI=1S/C14H21N5/c15-12(16)11-13(18-8-7-17-11)19-9-5-14(6-10-19)3-1-2-4-14/h7-8H,1-6,9-10H2,(H3,15,16). The van der Waals surface area contributed by atoms with Gasteiger partial charge in [-0.3, -0.25) is 5.41 Å². The van der Waals surface area contributed by atoms with Crippen LogP contribution >= 0.6 is 0 Å². The summed E-state index contributed by atoms with van der Waals surface area (Å²) in [5, 5.41) is 7.60. The third-order valence-electron chi connectivity index (χ3n) is 4.72. The van der Waals surface area contributed by atoms with Crippen molar-refractivity contribution in [3.63, 3.8) is 0 Å². The SMILES string of the molecule is N=C(N)c1nccnc1N1CCC2(CCCC2)CC1. The molecule has 1 aromatic heterocycles. The van der Waals surface area contributed by atoms with Crippen molar-refractivity contribution in [2.45, 2.75) is 38.5 Å². The molecule has 0 amide bonds.